The summed E-state index contributed by atoms with van der Waals surface area (Å²) in [5.74, 6) is 4.75. The lowest BCUT2D eigenvalue weighted by molar-refractivity contribution is -0.179. The molecule has 0 spiro atoms. The number of fused-ring (bicyclic) bond motifs is 5. The van der Waals surface area contributed by atoms with E-state index in [9.17, 15) is 13.5 Å². The Bertz CT molecular complexity index is 1100. The Kier molecular flexibility index (Phi) is 8.39. The maximum atomic E-state index is 13.0. The molecule has 0 amide bonds. The van der Waals surface area contributed by atoms with E-state index in [0.29, 0.717) is 29.6 Å². The van der Waals surface area contributed by atoms with Crippen molar-refractivity contribution in [3.8, 4) is 0 Å². The number of hydrogen-bond acceptors (Lipinski definition) is 4. The molecule has 1 N–H and O–H groups in total. The first kappa shape index (κ1) is 29.6. The maximum Gasteiger partial charge on any atom is 0.297 e. The summed E-state index contributed by atoms with van der Waals surface area (Å²) in [6.45, 7) is 14.1. The highest BCUT2D eigenvalue weighted by atomic mass is 32.2. The van der Waals surface area contributed by atoms with Crippen LogP contribution in [0.3, 0.4) is 0 Å². The van der Waals surface area contributed by atoms with Gasteiger partial charge in [0.15, 0.2) is 0 Å². The van der Waals surface area contributed by atoms with E-state index in [-0.39, 0.29) is 10.3 Å². The second-order valence-corrected chi connectivity index (χ2v) is 16.6. The Morgan fingerprint density at radius 2 is 1.67 bits per heavy atom. The van der Waals surface area contributed by atoms with E-state index in [4.69, 9.17) is 4.18 Å². The average molecular weight is 559 g/mol. The van der Waals surface area contributed by atoms with Crippen LogP contribution in [0.5, 0.6) is 0 Å². The SMILES string of the molecule is Cc1ccc(S(=O)(=O)OC2CC(O)C3(C)C(CCC4C5CCC(C(C)CCCC(C)C)C5(C)CCC43)C2)cc1. The summed E-state index contributed by atoms with van der Waals surface area (Å²) in [4.78, 5) is 0.209. The second-order valence-electron chi connectivity index (χ2n) is 15.0. The van der Waals surface area contributed by atoms with Crippen molar-refractivity contribution in [3.05, 3.63) is 29.8 Å². The summed E-state index contributed by atoms with van der Waals surface area (Å²) in [5, 5.41) is 11.7. The lowest BCUT2D eigenvalue weighted by Crippen LogP contribution is -2.59. The molecule has 1 aromatic rings. The van der Waals surface area contributed by atoms with E-state index >= 15 is 0 Å². The Labute approximate surface area is 238 Å². The van der Waals surface area contributed by atoms with Gasteiger partial charge in [-0.2, -0.15) is 8.42 Å². The summed E-state index contributed by atoms with van der Waals surface area (Å²) >= 11 is 0. The van der Waals surface area contributed by atoms with Crippen LogP contribution in [0.4, 0.5) is 0 Å². The first-order chi connectivity index (χ1) is 18.4. The van der Waals surface area contributed by atoms with E-state index in [2.05, 4.69) is 34.6 Å². The number of aryl methyl sites for hydroxylation is 1. The highest BCUT2D eigenvalue weighted by molar-refractivity contribution is 7.86. The molecule has 4 fully saturated rings. The van der Waals surface area contributed by atoms with Crippen molar-refractivity contribution >= 4 is 10.1 Å². The van der Waals surface area contributed by atoms with Crippen LogP contribution >= 0.6 is 0 Å². The summed E-state index contributed by atoms with van der Waals surface area (Å²) in [6, 6.07) is 6.86. The van der Waals surface area contributed by atoms with Gasteiger partial charge in [-0.05, 0) is 116 Å². The monoisotopic (exact) mass is 558 g/mol. The lowest BCUT2D eigenvalue weighted by Gasteiger charge is -2.62. The first-order valence-corrected chi connectivity index (χ1v) is 17.4. The van der Waals surface area contributed by atoms with Gasteiger partial charge in [0.25, 0.3) is 10.1 Å². The van der Waals surface area contributed by atoms with Gasteiger partial charge in [0.2, 0.25) is 0 Å². The molecule has 4 saturated carbocycles. The van der Waals surface area contributed by atoms with Gasteiger partial charge < -0.3 is 5.11 Å². The van der Waals surface area contributed by atoms with Crippen LogP contribution in [-0.2, 0) is 14.3 Å². The van der Waals surface area contributed by atoms with Gasteiger partial charge in [-0.25, -0.2) is 0 Å². The molecular weight excluding hydrogens is 504 g/mol. The van der Waals surface area contributed by atoms with Crippen molar-refractivity contribution < 1.29 is 17.7 Å². The molecular formula is C34H54O4S. The fourth-order valence-electron chi connectivity index (χ4n) is 10.3. The van der Waals surface area contributed by atoms with Crippen molar-refractivity contribution in [1.82, 2.24) is 0 Å². The molecule has 39 heavy (non-hydrogen) atoms. The molecule has 4 nitrogen and oxygen atoms in total. The highest BCUT2D eigenvalue weighted by Gasteiger charge is 2.62. The van der Waals surface area contributed by atoms with Crippen molar-refractivity contribution in [3.63, 3.8) is 0 Å². The molecule has 5 rings (SSSR count). The molecule has 0 bridgehead atoms. The van der Waals surface area contributed by atoms with Crippen molar-refractivity contribution in [2.24, 2.45) is 52.3 Å². The van der Waals surface area contributed by atoms with Crippen LogP contribution in [0.2, 0.25) is 0 Å². The standard InChI is InChI=1S/C34H54O4S/c1-22(2)8-7-9-24(4)29-16-17-30-28-15-12-25-20-26(38-39(36,37)27-13-10-23(3)11-14-27)21-32(35)34(25,6)31(28)18-19-33(29,30)5/h10-11,13-14,22,24-26,28-32,35H,7-9,12,15-21H2,1-6H3. The molecule has 0 heterocycles. The minimum Gasteiger partial charge on any atom is -0.392 e. The molecule has 10 atom stereocenters. The van der Waals surface area contributed by atoms with Crippen LogP contribution < -0.4 is 0 Å². The summed E-state index contributed by atoms with van der Waals surface area (Å²) in [7, 11) is -3.84. The predicted octanol–water partition coefficient (Wildman–Crippen LogP) is 8.16. The van der Waals surface area contributed by atoms with Crippen LogP contribution in [0.1, 0.15) is 111 Å². The Morgan fingerprint density at radius 3 is 2.36 bits per heavy atom. The minimum absolute atomic E-state index is 0.140. The van der Waals surface area contributed by atoms with Crippen LogP contribution in [0.25, 0.3) is 0 Å². The Balaban J connectivity index is 1.27. The number of aliphatic hydroxyl groups is 1. The van der Waals surface area contributed by atoms with E-state index in [0.717, 1.165) is 42.1 Å². The predicted molar refractivity (Wildman–Crippen MR) is 158 cm³/mol. The molecule has 0 aliphatic heterocycles. The van der Waals surface area contributed by atoms with E-state index in [1.165, 1.54) is 51.4 Å². The molecule has 220 valence electrons. The maximum absolute atomic E-state index is 13.0. The number of hydrogen-bond donors (Lipinski definition) is 1. The van der Waals surface area contributed by atoms with Crippen LogP contribution in [-0.4, -0.2) is 25.7 Å². The number of benzene rings is 1. The molecule has 1 aromatic carbocycles. The highest BCUT2D eigenvalue weighted by Crippen LogP contribution is 2.68. The summed E-state index contributed by atoms with van der Waals surface area (Å²) in [5.41, 5.74) is 1.32. The van der Waals surface area contributed by atoms with Crippen molar-refractivity contribution in [2.45, 2.75) is 129 Å². The van der Waals surface area contributed by atoms with Crippen LogP contribution in [0.15, 0.2) is 29.2 Å². The second kappa shape index (κ2) is 11.1. The zero-order valence-electron chi connectivity index (χ0n) is 25.4. The van der Waals surface area contributed by atoms with E-state index in [1.807, 2.05) is 6.92 Å². The Hall–Kier alpha value is -0.910. The quantitative estimate of drug-likeness (QED) is 0.327. The molecule has 10 unspecified atom stereocenters. The molecule has 4 aliphatic carbocycles. The van der Waals surface area contributed by atoms with Crippen molar-refractivity contribution in [1.29, 1.82) is 0 Å². The number of aliphatic hydroxyl groups excluding tert-OH is 1. The van der Waals surface area contributed by atoms with E-state index in [1.54, 1.807) is 24.3 Å². The van der Waals surface area contributed by atoms with Gasteiger partial charge in [0, 0.05) is 6.42 Å². The topological polar surface area (TPSA) is 63.6 Å². The third kappa shape index (κ3) is 5.39. The summed E-state index contributed by atoms with van der Waals surface area (Å²) in [6.07, 6.45) is 11.8. The van der Waals surface area contributed by atoms with Gasteiger partial charge in [-0.1, -0.05) is 71.6 Å². The smallest absolute Gasteiger partial charge is 0.297 e. The lowest BCUT2D eigenvalue weighted by atomic mass is 9.43. The Morgan fingerprint density at radius 1 is 0.949 bits per heavy atom. The molecule has 0 radical (unpaired) electrons. The normalized spacial score (nSPS) is 41.1. The summed E-state index contributed by atoms with van der Waals surface area (Å²) < 4.78 is 31.8. The first-order valence-electron chi connectivity index (χ1n) is 16.0. The van der Waals surface area contributed by atoms with Gasteiger partial charge in [0.05, 0.1) is 17.1 Å². The molecule has 0 saturated heterocycles. The van der Waals surface area contributed by atoms with Gasteiger partial charge >= 0.3 is 0 Å². The molecule has 0 aromatic heterocycles. The van der Waals surface area contributed by atoms with E-state index < -0.39 is 22.3 Å². The third-order valence-corrected chi connectivity index (χ3v) is 13.9. The van der Waals surface area contributed by atoms with Crippen molar-refractivity contribution in [2.75, 3.05) is 0 Å². The van der Waals surface area contributed by atoms with Crippen LogP contribution in [0, 0.1) is 59.2 Å². The molecule has 4 aliphatic rings. The third-order valence-electron chi connectivity index (χ3n) is 12.5. The minimum atomic E-state index is -3.84. The number of rotatable bonds is 8. The zero-order valence-corrected chi connectivity index (χ0v) is 26.2. The average Bonchev–Trinajstić information content (AvgIpc) is 3.22. The fourth-order valence-corrected chi connectivity index (χ4v) is 11.4. The van der Waals surface area contributed by atoms with Gasteiger partial charge in [-0.3, -0.25) is 4.18 Å². The molecule has 5 heteroatoms. The largest absolute Gasteiger partial charge is 0.392 e. The van der Waals surface area contributed by atoms with Gasteiger partial charge in [0.1, 0.15) is 0 Å². The van der Waals surface area contributed by atoms with Gasteiger partial charge in [-0.15, -0.1) is 0 Å². The zero-order chi connectivity index (χ0) is 28.2. The fraction of sp³-hybridized carbons (Fsp3) is 0.824.